The molecule has 2 rings (SSSR count). The summed E-state index contributed by atoms with van der Waals surface area (Å²) >= 11 is 8.59. The Morgan fingerprint density at radius 2 is 2.06 bits per heavy atom. The van der Waals surface area contributed by atoms with Crippen molar-refractivity contribution < 1.29 is 4.39 Å². The van der Waals surface area contributed by atoms with Gasteiger partial charge in [-0.2, -0.15) is 0 Å². The Bertz CT molecular complexity index is 522. The van der Waals surface area contributed by atoms with Crippen LogP contribution in [0.3, 0.4) is 0 Å². The van der Waals surface area contributed by atoms with Crippen LogP contribution in [-0.4, -0.2) is 0 Å². The van der Waals surface area contributed by atoms with Gasteiger partial charge in [-0.3, -0.25) is 0 Å². The Balaban J connectivity index is 2.00. The number of benzene rings is 1. The first-order valence-electron chi connectivity index (χ1n) is 5.49. The average molecular weight is 393 g/mol. The number of hydrogen-bond donors (Lipinski definition) is 1. The molecule has 0 saturated heterocycles. The lowest BCUT2D eigenvalue weighted by atomic mass is 10.1. The van der Waals surface area contributed by atoms with Crippen LogP contribution < -0.4 is 5.32 Å². The predicted octanol–water partition coefficient (Wildman–Crippen LogP) is 5.26. The van der Waals surface area contributed by atoms with Gasteiger partial charge in [-0.1, -0.05) is 18.2 Å². The van der Waals surface area contributed by atoms with Gasteiger partial charge in [-0.15, -0.1) is 11.3 Å². The van der Waals surface area contributed by atoms with Crippen LogP contribution in [-0.2, 0) is 6.54 Å². The molecular weight excluding hydrogens is 381 g/mol. The van der Waals surface area contributed by atoms with Crippen LogP contribution in [0.5, 0.6) is 0 Å². The largest absolute Gasteiger partial charge is 0.305 e. The Morgan fingerprint density at radius 1 is 1.33 bits per heavy atom. The number of halogens is 3. The molecule has 0 aliphatic carbocycles. The number of thiophene rings is 1. The van der Waals surface area contributed by atoms with E-state index in [1.165, 1.54) is 10.9 Å². The van der Waals surface area contributed by atoms with E-state index in [2.05, 4.69) is 43.2 Å². The summed E-state index contributed by atoms with van der Waals surface area (Å²) in [7, 11) is 0. The van der Waals surface area contributed by atoms with E-state index in [0.717, 1.165) is 14.8 Å². The van der Waals surface area contributed by atoms with E-state index >= 15 is 0 Å². The van der Waals surface area contributed by atoms with Crippen LogP contribution in [0.2, 0.25) is 0 Å². The monoisotopic (exact) mass is 391 g/mol. The first-order valence-corrected chi connectivity index (χ1v) is 7.89. The summed E-state index contributed by atoms with van der Waals surface area (Å²) in [4.78, 5) is 1.21. The van der Waals surface area contributed by atoms with Crippen molar-refractivity contribution in [3.63, 3.8) is 0 Å². The second-order valence-corrected chi connectivity index (χ2v) is 7.27. The fourth-order valence-corrected chi connectivity index (χ4v) is 3.80. The van der Waals surface area contributed by atoms with Crippen molar-refractivity contribution in [2.45, 2.75) is 19.5 Å². The minimum atomic E-state index is -0.161. The summed E-state index contributed by atoms with van der Waals surface area (Å²) in [5, 5.41) is 3.33. The molecule has 1 atom stereocenters. The summed E-state index contributed by atoms with van der Waals surface area (Å²) < 4.78 is 15.7. The molecule has 2 aromatic rings. The third kappa shape index (κ3) is 3.41. The predicted molar refractivity (Wildman–Crippen MR) is 81.4 cm³/mol. The molecule has 1 nitrogen and oxygen atoms in total. The molecule has 1 heterocycles. The molecule has 18 heavy (non-hydrogen) atoms. The third-order valence-electron chi connectivity index (χ3n) is 2.65. The van der Waals surface area contributed by atoms with Gasteiger partial charge in [-0.05, 0) is 50.9 Å². The molecular formula is C13H12Br2FNS. The highest BCUT2D eigenvalue weighted by Gasteiger charge is 2.10. The maximum Gasteiger partial charge on any atom is 0.127 e. The normalized spacial score (nSPS) is 12.7. The van der Waals surface area contributed by atoms with Crippen LogP contribution in [0.4, 0.5) is 4.39 Å². The van der Waals surface area contributed by atoms with Gasteiger partial charge < -0.3 is 5.32 Å². The molecule has 0 aliphatic rings. The highest BCUT2D eigenvalue weighted by Crippen LogP contribution is 2.32. The molecule has 1 aromatic heterocycles. The van der Waals surface area contributed by atoms with Crippen molar-refractivity contribution in [2.24, 2.45) is 0 Å². The second-order valence-electron chi connectivity index (χ2n) is 3.96. The molecule has 1 N–H and O–H groups in total. The average Bonchev–Trinajstić information content (AvgIpc) is 2.66. The number of rotatable bonds is 4. The quantitative estimate of drug-likeness (QED) is 0.747. The van der Waals surface area contributed by atoms with Crippen LogP contribution in [0, 0.1) is 5.82 Å². The molecule has 1 unspecified atom stereocenters. The van der Waals surface area contributed by atoms with Crippen LogP contribution in [0.25, 0.3) is 0 Å². The van der Waals surface area contributed by atoms with Gasteiger partial charge in [0, 0.05) is 27.5 Å². The number of hydrogen-bond acceptors (Lipinski definition) is 2. The zero-order valence-electron chi connectivity index (χ0n) is 9.71. The Hall–Kier alpha value is -0.230. The van der Waals surface area contributed by atoms with Crippen molar-refractivity contribution in [3.05, 3.63) is 54.8 Å². The van der Waals surface area contributed by atoms with E-state index in [1.807, 2.05) is 19.1 Å². The van der Waals surface area contributed by atoms with Crippen LogP contribution in [0.1, 0.15) is 23.4 Å². The second kappa shape index (κ2) is 6.28. The van der Waals surface area contributed by atoms with E-state index in [9.17, 15) is 4.39 Å². The van der Waals surface area contributed by atoms with Gasteiger partial charge in [0.15, 0.2) is 0 Å². The Morgan fingerprint density at radius 3 is 2.67 bits per heavy atom. The fourth-order valence-electron chi connectivity index (χ4n) is 1.67. The zero-order valence-corrected chi connectivity index (χ0v) is 13.7. The lowest BCUT2D eigenvalue weighted by Crippen LogP contribution is -2.18. The summed E-state index contributed by atoms with van der Waals surface area (Å²) in [6.07, 6.45) is 0. The van der Waals surface area contributed by atoms with Crippen molar-refractivity contribution in [2.75, 3.05) is 0 Å². The molecule has 0 spiro atoms. The van der Waals surface area contributed by atoms with Gasteiger partial charge in [0.1, 0.15) is 5.82 Å². The third-order valence-corrected chi connectivity index (χ3v) is 5.91. The van der Waals surface area contributed by atoms with Gasteiger partial charge in [0.05, 0.1) is 3.79 Å². The van der Waals surface area contributed by atoms with Crippen molar-refractivity contribution in [1.29, 1.82) is 0 Å². The standard InChI is InChI=1S/C13H12Br2FNS/c1-8(10-4-2-3-5-12(10)16)17-7-9-6-11(14)13(15)18-9/h2-6,8,17H,7H2,1H3. The molecule has 0 saturated carbocycles. The SMILES string of the molecule is CC(NCc1cc(Br)c(Br)s1)c1ccccc1F. The van der Waals surface area contributed by atoms with Crippen LogP contribution >= 0.6 is 43.2 Å². The van der Waals surface area contributed by atoms with Gasteiger partial charge >= 0.3 is 0 Å². The summed E-state index contributed by atoms with van der Waals surface area (Å²) in [6.45, 7) is 2.69. The van der Waals surface area contributed by atoms with E-state index in [0.29, 0.717) is 5.56 Å². The summed E-state index contributed by atoms with van der Waals surface area (Å²) in [5.41, 5.74) is 0.701. The highest BCUT2D eigenvalue weighted by atomic mass is 79.9. The molecule has 5 heteroatoms. The van der Waals surface area contributed by atoms with E-state index in [1.54, 1.807) is 17.4 Å². The summed E-state index contributed by atoms with van der Waals surface area (Å²) in [5.74, 6) is -0.161. The fraction of sp³-hybridized carbons (Fsp3) is 0.231. The van der Waals surface area contributed by atoms with Crippen LogP contribution in [0.15, 0.2) is 38.6 Å². The lowest BCUT2D eigenvalue weighted by Gasteiger charge is -2.14. The van der Waals surface area contributed by atoms with Gasteiger partial charge in [0.25, 0.3) is 0 Å². The van der Waals surface area contributed by atoms with Crippen molar-refractivity contribution >= 4 is 43.2 Å². The van der Waals surface area contributed by atoms with E-state index < -0.39 is 0 Å². The van der Waals surface area contributed by atoms with E-state index in [-0.39, 0.29) is 11.9 Å². The Kier molecular flexibility index (Phi) is 4.95. The highest BCUT2D eigenvalue weighted by molar-refractivity contribution is 9.13. The molecule has 0 aliphatic heterocycles. The zero-order chi connectivity index (χ0) is 13.1. The maximum atomic E-state index is 13.6. The van der Waals surface area contributed by atoms with Crippen molar-refractivity contribution in [1.82, 2.24) is 5.32 Å². The first kappa shape index (κ1) is 14.2. The van der Waals surface area contributed by atoms with Crippen molar-refractivity contribution in [3.8, 4) is 0 Å². The lowest BCUT2D eigenvalue weighted by molar-refractivity contribution is 0.530. The molecule has 0 bridgehead atoms. The minimum Gasteiger partial charge on any atom is -0.305 e. The Labute approximate surface area is 127 Å². The smallest absolute Gasteiger partial charge is 0.127 e. The molecule has 0 radical (unpaired) electrons. The van der Waals surface area contributed by atoms with Gasteiger partial charge in [0.2, 0.25) is 0 Å². The summed E-state index contributed by atoms with van der Waals surface area (Å²) in [6, 6.07) is 8.92. The molecule has 96 valence electrons. The maximum absolute atomic E-state index is 13.6. The van der Waals surface area contributed by atoms with Gasteiger partial charge in [-0.25, -0.2) is 4.39 Å². The first-order chi connectivity index (χ1) is 8.58. The molecule has 0 fully saturated rings. The topological polar surface area (TPSA) is 12.0 Å². The number of nitrogens with one attached hydrogen (secondary N) is 1. The molecule has 1 aromatic carbocycles. The minimum absolute atomic E-state index is 0.00847. The molecule has 0 amide bonds. The van der Waals surface area contributed by atoms with E-state index in [4.69, 9.17) is 0 Å².